The van der Waals surface area contributed by atoms with E-state index in [1.54, 1.807) is 6.07 Å². The molecule has 0 amide bonds. The summed E-state index contributed by atoms with van der Waals surface area (Å²) < 4.78 is 5.47. The smallest absolute Gasteiger partial charge is 0.135 e. The van der Waals surface area contributed by atoms with Gasteiger partial charge in [0.1, 0.15) is 11.6 Å². The monoisotopic (exact) mass is 323 g/mol. The first-order valence-electron chi connectivity index (χ1n) is 6.75. The maximum Gasteiger partial charge on any atom is 0.135 e. The van der Waals surface area contributed by atoms with E-state index in [1.165, 1.54) is 0 Å². The SMILES string of the molecule is CNc1nc(Cc2ccc(Cl)c(Cl)c2)nc2c1COCC2. The van der Waals surface area contributed by atoms with Gasteiger partial charge < -0.3 is 10.1 Å². The standard InChI is InChI=1S/C15H15Cl2N3O/c1-18-15-10-8-21-5-4-13(10)19-14(20-15)7-9-2-3-11(16)12(17)6-9/h2-3,6H,4-5,7-8H2,1H3,(H,18,19,20). The summed E-state index contributed by atoms with van der Waals surface area (Å²) in [5.41, 5.74) is 3.16. The molecule has 1 aromatic carbocycles. The summed E-state index contributed by atoms with van der Waals surface area (Å²) in [4.78, 5) is 9.24. The number of halogens is 2. The zero-order valence-electron chi connectivity index (χ0n) is 11.6. The van der Waals surface area contributed by atoms with E-state index in [-0.39, 0.29) is 0 Å². The fourth-order valence-electron chi connectivity index (χ4n) is 2.40. The largest absolute Gasteiger partial charge is 0.376 e. The van der Waals surface area contributed by atoms with Crippen LogP contribution in [0.25, 0.3) is 0 Å². The highest BCUT2D eigenvalue weighted by atomic mass is 35.5. The van der Waals surface area contributed by atoms with Gasteiger partial charge in [-0.15, -0.1) is 0 Å². The lowest BCUT2D eigenvalue weighted by atomic mass is 10.1. The normalized spacial score (nSPS) is 13.9. The molecule has 0 saturated carbocycles. The second-order valence-corrected chi connectivity index (χ2v) is 5.71. The van der Waals surface area contributed by atoms with Crippen LogP contribution >= 0.6 is 23.2 Å². The Morgan fingerprint density at radius 2 is 2.10 bits per heavy atom. The lowest BCUT2D eigenvalue weighted by Crippen LogP contribution is -2.17. The number of anilines is 1. The van der Waals surface area contributed by atoms with Gasteiger partial charge in [-0.1, -0.05) is 29.3 Å². The van der Waals surface area contributed by atoms with Gasteiger partial charge >= 0.3 is 0 Å². The van der Waals surface area contributed by atoms with Crippen LogP contribution in [-0.2, 0) is 24.2 Å². The second-order valence-electron chi connectivity index (χ2n) is 4.89. The van der Waals surface area contributed by atoms with Gasteiger partial charge in [-0.2, -0.15) is 0 Å². The molecule has 0 spiro atoms. The summed E-state index contributed by atoms with van der Waals surface area (Å²) >= 11 is 12.0. The predicted octanol–water partition coefficient (Wildman–Crippen LogP) is 3.49. The molecule has 0 atom stereocenters. The van der Waals surface area contributed by atoms with Crippen molar-refractivity contribution >= 4 is 29.0 Å². The molecule has 1 aliphatic rings. The summed E-state index contributed by atoms with van der Waals surface area (Å²) in [6.45, 7) is 1.28. The molecule has 0 unspecified atom stereocenters. The molecule has 2 heterocycles. The number of aromatic nitrogens is 2. The maximum absolute atomic E-state index is 6.05. The maximum atomic E-state index is 6.05. The summed E-state index contributed by atoms with van der Waals surface area (Å²) in [5.74, 6) is 1.62. The molecular weight excluding hydrogens is 309 g/mol. The fraction of sp³-hybridized carbons (Fsp3) is 0.333. The van der Waals surface area contributed by atoms with Gasteiger partial charge in [0.05, 0.1) is 29.0 Å². The molecule has 1 aromatic heterocycles. The average Bonchev–Trinajstić information content (AvgIpc) is 2.50. The van der Waals surface area contributed by atoms with E-state index >= 15 is 0 Å². The lowest BCUT2D eigenvalue weighted by Gasteiger charge is -2.19. The van der Waals surface area contributed by atoms with Crippen LogP contribution in [0.3, 0.4) is 0 Å². The number of rotatable bonds is 3. The zero-order valence-corrected chi connectivity index (χ0v) is 13.1. The van der Waals surface area contributed by atoms with Crippen LogP contribution in [-0.4, -0.2) is 23.6 Å². The minimum Gasteiger partial charge on any atom is -0.376 e. The third kappa shape index (κ3) is 3.12. The van der Waals surface area contributed by atoms with E-state index in [9.17, 15) is 0 Å². The van der Waals surface area contributed by atoms with Crippen molar-refractivity contribution in [2.24, 2.45) is 0 Å². The van der Waals surface area contributed by atoms with Crippen molar-refractivity contribution in [3.63, 3.8) is 0 Å². The molecule has 6 heteroatoms. The summed E-state index contributed by atoms with van der Waals surface area (Å²) in [6.07, 6.45) is 1.45. The molecule has 0 bridgehead atoms. The lowest BCUT2D eigenvalue weighted by molar-refractivity contribution is 0.109. The third-order valence-corrected chi connectivity index (χ3v) is 4.19. The minimum absolute atomic E-state index is 0.550. The van der Waals surface area contributed by atoms with E-state index in [0.29, 0.717) is 29.7 Å². The van der Waals surface area contributed by atoms with Crippen molar-refractivity contribution in [3.8, 4) is 0 Å². The number of hydrogen-bond acceptors (Lipinski definition) is 4. The molecule has 4 nitrogen and oxygen atoms in total. The second kappa shape index (κ2) is 6.18. The Morgan fingerprint density at radius 1 is 1.24 bits per heavy atom. The van der Waals surface area contributed by atoms with Crippen LogP contribution in [0.1, 0.15) is 22.6 Å². The molecule has 0 saturated heterocycles. The van der Waals surface area contributed by atoms with Gasteiger partial charge in [-0.3, -0.25) is 0 Å². The Bertz CT molecular complexity index is 659. The number of ether oxygens (including phenoxy) is 1. The van der Waals surface area contributed by atoms with Crippen LogP contribution in [0, 0.1) is 0 Å². The van der Waals surface area contributed by atoms with Crippen molar-refractivity contribution in [1.29, 1.82) is 0 Å². The highest BCUT2D eigenvalue weighted by Gasteiger charge is 2.17. The van der Waals surface area contributed by atoms with Crippen molar-refractivity contribution in [1.82, 2.24) is 9.97 Å². The molecule has 0 fully saturated rings. The van der Waals surface area contributed by atoms with Gasteiger partial charge in [0.25, 0.3) is 0 Å². The van der Waals surface area contributed by atoms with Crippen molar-refractivity contribution in [2.45, 2.75) is 19.4 Å². The van der Waals surface area contributed by atoms with Gasteiger partial charge in [0, 0.05) is 25.5 Å². The van der Waals surface area contributed by atoms with Gasteiger partial charge in [0.15, 0.2) is 0 Å². The molecule has 1 aliphatic heterocycles. The molecule has 110 valence electrons. The Hall–Kier alpha value is -1.36. The number of benzene rings is 1. The van der Waals surface area contributed by atoms with Crippen molar-refractivity contribution < 1.29 is 4.74 Å². The average molecular weight is 324 g/mol. The number of fused-ring (bicyclic) bond motifs is 1. The molecule has 1 N–H and O–H groups in total. The predicted molar refractivity (Wildman–Crippen MR) is 84.2 cm³/mol. The fourth-order valence-corrected chi connectivity index (χ4v) is 2.72. The highest BCUT2D eigenvalue weighted by molar-refractivity contribution is 6.42. The molecule has 2 aromatic rings. The van der Waals surface area contributed by atoms with Crippen molar-refractivity contribution in [2.75, 3.05) is 19.0 Å². The Labute approximate surface area is 133 Å². The first-order chi connectivity index (χ1) is 10.2. The van der Waals surface area contributed by atoms with Crippen LogP contribution in [0.5, 0.6) is 0 Å². The quantitative estimate of drug-likeness (QED) is 0.939. The van der Waals surface area contributed by atoms with E-state index < -0.39 is 0 Å². The Morgan fingerprint density at radius 3 is 2.86 bits per heavy atom. The van der Waals surface area contributed by atoms with Crippen LogP contribution in [0.4, 0.5) is 5.82 Å². The molecular formula is C15H15Cl2N3O. The number of hydrogen-bond donors (Lipinski definition) is 1. The topological polar surface area (TPSA) is 47.0 Å². The van der Waals surface area contributed by atoms with Gasteiger partial charge in [0.2, 0.25) is 0 Å². The minimum atomic E-state index is 0.550. The van der Waals surface area contributed by atoms with Crippen LogP contribution in [0.2, 0.25) is 10.0 Å². The van der Waals surface area contributed by atoms with Gasteiger partial charge in [-0.05, 0) is 17.7 Å². The third-order valence-electron chi connectivity index (χ3n) is 3.45. The summed E-state index contributed by atoms with van der Waals surface area (Å²) in [7, 11) is 1.86. The highest BCUT2D eigenvalue weighted by Crippen LogP contribution is 2.25. The molecule has 21 heavy (non-hydrogen) atoms. The van der Waals surface area contributed by atoms with E-state index in [2.05, 4.69) is 15.3 Å². The van der Waals surface area contributed by atoms with E-state index in [1.807, 2.05) is 19.2 Å². The Kier molecular flexibility index (Phi) is 4.29. The van der Waals surface area contributed by atoms with E-state index in [4.69, 9.17) is 27.9 Å². The first-order valence-corrected chi connectivity index (χ1v) is 7.51. The van der Waals surface area contributed by atoms with Crippen LogP contribution in [0.15, 0.2) is 18.2 Å². The molecule has 0 radical (unpaired) electrons. The number of nitrogens with zero attached hydrogens (tertiary/aromatic N) is 2. The Balaban J connectivity index is 1.93. The summed E-state index contributed by atoms with van der Waals surface area (Å²) in [5, 5.41) is 4.23. The zero-order chi connectivity index (χ0) is 14.8. The molecule has 3 rings (SSSR count). The van der Waals surface area contributed by atoms with Gasteiger partial charge in [-0.25, -0.2) is 9.97 Å². The first kappa shape index (κ1) is 14.6. The van der Waals surface area contributed by atoms with Crippen LogP contribution < -0.4 is 5.32 Å². The van der Waals surface area contributed by atoms with Crippen molar-refractivity contribution in [3.05, 3.63) is 50.9 Å². The summed E-state index contributed by atoms with van der Waals surface area (Å²) in [6, 6.07) is 5.60. The molecule has 0 aliphatic carbocycles. The van der Waals surface area contributed by atoms with E-state index in [0.717, 1.165) is 34.9 Å². The number of nitrogens with one attached hydrogen (secondary N) is 1.